The van der Waals surface area contributed by atoms with Gasteiger partial charge in [0.25, 0.3) is 0 Å². The van der Waals surface area contributed by atoms with Gasteiger partial charge in [-0.15, -0.1) is 0 Å². The quantitative estimate of drug-likeness (QED) is 0.873. The minimum absolute atomic E-state index is 0.273. The van der Waals surface area contributed by atoms with Gasteiger partial charge in [0.2, 0.25) is 0 Å². The molecule has 0 radical (unpaired) electrons. The average Bonchev–Trinajstić information content (AvgIpc) is 2.72. The summed E-state index contributed by atoms with van der Waals surface area (Å²) in [5.74, 6) is 0.793. The lowest BCUT2D eigenvalue weighted by Crippen LogP contribution is -2.16. The molecular weight excluding hydrogens is 317 g/mol. The standard InChI is InChI=1S/C12H11BrFN3O2/c1-17-12(15)6(5-16-17)9-10(14)7(13)4-8-11(9)19-3-2-18-8/h4-5H,2-3,15H2,1H3. The van der Waals surface area contributed by atoms with Crippen LogP contribution in [-0.2, 0) is 7.05 Å². The predicted molar refractivity (Wildman–Crippen MR) is 71.7 cm³/mol. The number of aryl methyl sites for hydroxylation is 1. The summed E-state index contributed by atoms with van der Waals surface area (Å²) in [5.41, 5.74) is 6.67. The summed E-state index contributed by atoms with van der Waals surface area (Å²) in [6, 6.07) is 1.56. The van der Waals surface area contributed by atoms with E-state index in [9.17, 15) is 4.39 Å². The van der Waals surface area contributed by atoms with E-state index in [0.717, 1.165) is 0 Å². The minimum atomic E-state index is -0.441. The normalized spacial score (nSPS) is 13.6. The van der Waals surface area contributed by atoms with Crippen molar-refractivity contribution in [3.8, 4) is 22.6 Å². The summed E-state index contributed by atoms with van der Waals surface area (Å²) in [4.78, 5) is 0. The van der Waals surface area contributed by atoms with Crippen LogP contribution in [0.15, 0.2) is 16.7 Å². The number of benzene rings is 1. The topological polar surface area (TPSA) is 62.3 Å². The summed E-state index contributed by atoms with van der Waals surface area (Å²) in [6.07, 6.45) is 1.51. The molecule has 0 fully saturated rings. The van der Waals surface area contributed by atoms with Crippen molar-refractivity contribution in [1.29, 1.82) is 0 Å². The highest BCUT2D eigenvalue weighted by Gasteiger charge is 2.26. The van der Waals surface area contributed by atoms with E-state index in [1.54, 1.807) is 13.1 Å². The molecule has 0 saturated carbocycles. The summed E-state index contributed by atoms with van der Waals surface area (Å²) in [6.45, 7) is 0.814. The Kier molecular flexibility index (Phi) is 2.85. The molecule has 0 saturated heterocycles. The molecule has 0 spiro atoms. The molecule has 1 aliphatic rings. The Morgan fingerprint density at radius 2 is 2.16 bits per heavy atom. The van der Waals surface area contributed by atoms with E-state index < -0.39 is 5.82 Å². The van der Waals surface area contributed by atoms with Gasteiger partial charge in [0.1, 0.15) is 24.8 Å². The number of hydrogen-bond acceptors (Lipinski definition) is 4. The fourth-order valence-electron chi connectivity index (χ4n) is 2.01. The first-order valence-electron chi connectivity index (χ1n) is 5.65. The summed E-state index contributed by atoms with van der Waals surface area (Å²) in [5, 5.41) is 4.03. The van der Waals surface area contributed by atoms with E-state index in [1.807, 2.05) is 0 Å². The third kappa shape index (κ3) is 1.85. The average molecular weight is 328 g/mol. The Morgan fingerprint density at radius 3 is 2.84 bits per heavy atom. The van der Waals surface area contributed by atoms with Crippen LogP contribution in [0.4, 0.5) is 10.2 Å². The molecule has 5 nitrogen and oxygen atoms in total. The summed E-state index contributed by atoms with van der Waals surface area (Å²) < 4.78 is 27.2. The van der Waals surface area contributed by atoms with Gasteiger partial charge >= 0.3 is 0 Å². The van der Waals surface area contributed by atoms with Crippen molar-refractivity contribution in [2.75, 3.05) is 18.9 Å². The van der Waals surface area contributed by atoms with E-state index in [4.69, 9.17) is 15.2 Å². The number of anilines is 1. The second-order valence-corrected chi connectivity index (χ2v) is 4.99. The van der Waals surface area contributed by atoms with E-state index in [-0.39, 0.29) is 5.56 Å². The molecule has 19 heavy (non-hydrogen) atoms. The fraction of sp³-hybridized carbons (Fsp3) is 0.250. The minimum Gasteiger partial charge on any atom is -0.486 e. The Hall–Kier alpha value is -1.76. The SMILES string of the molecule is Cn1ncc(-c2c(F)c(Br)cc3c2OCCO3)c1N. The fourth-order valence-corrected chi connectivity index (χ4v) is 2.42. The Balaban J connectivity index is 2.30. The number of nitrogen functional groups attached to an aromatic ring is 1. The molecule has 2 aromatic rings. The van der Waals surface area contributed by atoms with Crippen LogP contribution in [0.3, 0.4) is 0 Å². The first kappa shape index (κ1) is 12.3. The third-order valence-electron chi connectivity index (χ3n) is 2.98. The maximum atomic E-state index is 14.4. The van der Waals surface area contributed by atoms with Crippen molar-refractivity contribution >= 4 is 21.7 Å². The van der Waals surface area contributed by atoms with Crippen molar-refractivity contribution in [1.82, 2.24) is 9.78 Å². The number of nitrogens with zero attached hydrogens (tertiary/aromatic N) is 2. The maximum Gasteiger partial charge on any atom is 0.172 e. The van der Waals surface area contributed by atoms with E-state index in [0.29, 0.717) is 40.6 Å². The number of ether oxygens (including phenoxy) is 2. The largest absolute Gasteiger partial charge is 0.486 e. The van der Waals surface area contributed by atoms with Crippen LogP contribution in [-0.4, -0.2) is 23.0 Å². The van der Waals surface area contributed by atoms with E-state index >= 15 is 0 Å². The number of nitrogens with two attached hydrogens (primary N) is 1. The van der Waals surface area contributed by atoms with Crippen LogP contribution in [0.1, 0.15) is 0 Å². The van der Waals surface area contributed by atoms with Crippen LogP contribution in [0.5, 0.6) is 11.5 Å². The predicted octanol–water partition coefficient (Wildman–Crippen LogP) is 2.34. The highest BCUT2D eigenvalue weighted by Crippen LogP contribution is 2.46. The molecule has 0 amide bonds. The lowest BCUT2D eigenvalue weighted by atomic mass is 10.1. The molecule has 1 aliphatic heterocycles. The number of hydrogen-bond donors (Lipinski definition) is 1. The first-order chi connectivity index (χ1) is 9.09. The summed E-state index contributed by atoms with van der Waals surface area (Å²) in [7, 11) is 1.69. The zero-order valence-corrected chi connectivity index (χ0v) is 11.7. The monoisotopic (exact) mass is 327 g/mol. The number of halogens is 2. The molecule has 100 valence electrons. The molecule has 3 rings (SSSR count). The van der Waals surface area contributed by atoms with Crippen LogP contribution >= 0.6 is 15.9 Å². The van der Waals surface area contributed by atoms with Crippen molar-refractivity contribution in [3.63, 3.8) is 0 Å². The van der Waals surface area contributed by atoms with Crippen LogP contribution in [0, 0.1) is 5.82 Å². The molecule has 0 unspecified atom stereocenters. The van der Waals surface area contributed by atoms with Gasteiger partial charge in [-0.1, -0.05) is 0 Å². The number of rotatable bonds is 1. The lowest BCUT2D eigenvalue weighted by molar-refractivity contribution is 0.171. The molecule has 1 aromatic carbocycles. The van der Waals surface area contributed by atoms with Crippen molar-refractivity contribution in [2.45, 2.75) is 0 Å². The molecule has 2 N–H and O–H groups in total. The molecule has 1 aromatic heterocycles. The van der Waals surface area contributed by atoms with Gasteiger partial charge in [-0.05, 0) is 15.9 Å². The van der Waals surface area contributed by atoms with Crippen LogP contribution in [0.2, 0.25) is 0 Å². The van der Waals surface area contributed by atoms with Crippen molar-refractivity contribution in [2.24, 2.45) is 7.05 Å². The second kappa shape index (κ2) is 4.41. The molecule has 0 aliphatic carbocycles. The molecule has 7 heteroatoms. The van der Waals surface area contributed by atoms with Gasteiger partial charge in [-0.2, -0.15) is 5.10 Å². The van der Waals surface area contributed by atoms with Gasteiger partial charge in [-0.3, -0.25) is 4.68 Å². The zero-order chi connectivity index (χ0) is 13.6. The van der Waals surface area contributed by atoms with Crippen LogP contribution in [0.25, 0.3) is 11.1 Å². The Labute approximate surface area is 117 Å². The number of aromatic nitrogens is 2. The van der Waals surface area contributed by atoms with Gasteiger partial charge < -0.3 is 15.2 Å². The molecule has 2 heterocycles. The molecule has 0 bridgehead atoms. The second-order valence-electron chi connectivity index (χ2n) is 4.14. The third-order valence-corrected chi connectivity index (χ3v) is 3.56. The lowest BCUT2D eigenvalue weighted by Gasteiger charge is -2.22. The highest BCUT2D eigenvalue weighted by atomic mass is 79.9. The van der Waals surface area contributed by atoms with Gasteiger partial charge in [0.05, 0.1) is 21.8 Å². The van der Waals surface area contributed by atoms with Crippen molar-refractivity contribution < 1.29 is 13.9 Å². The highest BCUT2D eigenvalue weighted by molar-refractivity contribution is 9.10. The smallest absolute Gasteiger partial charge is 0.172 e. The van der Waals surface area contributed by atoms with Crippen molar-refractivity contribution in [3.05, 3.63) is 22.6 Å². The molecular formula is C12H11BrFN3O2. The number of fused-ring (bicyclic) bond motifs is 1. The first-order valence-corrected chi connectivity index (χ1v) is 6.44. The Bertz CT molecular complexity index is 657. The summed E-state index contributed by atoms with van der Waals surface area (Å²) >= 11 is 3.18. The van der Waals surface area contributed by atoms with E-state index in [2.05, 4.69) is 21.0 Å². The van der Waals surface area contributed by atoms with Gasteiger partial charge in [-0.25, -0.2) is 4.39 Å². The Morgan fingerprint density at radius 1 is 1.42 bits per heavy atom. The van der Waals surface area contributed by atoms with E-state index in [1.165, 1.54) is 10.9 Å². The van der Waals surface area contributed by atoms with Gasteiger partial charge in [0.15, 0.2) is 11.5 Å². The van der Waals surface area contributed by atoms with Crippen LogP contribution < -0.4 is 15.2 Å². The maximum absolute atomic E-state index is 14.4. The zero-order valence-electron chi connectivity index (χ0n) is 10.1. The molecule has 0 atom stereocenters. The van der Waals surface area contributed by atoms with Gasteiger partial charge in [0, 0.05) is 13.1 Å².